The number of carbonyl (C=O) groups is 2. The van der Waals surface area contributed by atoms with Gasteiger partial charge in [-0.2, -0.15) is 0 Å². The predicted molar refractivity (Wildman–Crippen MR) is 423 cm³/mol. The number of amidine groups is 1. The highest BCUT2D eigenvalue weighted by molar-refractivity contribution is 6.03. The molecule has 10 aromatic rings. The Morgan fingerprint density at radius 1 is 0.426 bits per heavy atom. The first-order chi connectivity index (χ1) is 47.5. The molecule has 13 heteroatoms. The minimum absolute atomic E-state index is 0. The van der Waals surface area contributed by atoms with Gasteiger partial charge in [-0.1, -0.05) is 215 Å². The Bertz CT molecular complexity index is 4170. The van der Waals surface area contributed by atoms with E-state index in [0.717, 1.165) is 46.2 Å². The Balaban J connectivity index is 0.000000229. The van der Waals surface area contributed by atoms with Crippen LogP contribution in [0, 0.1) is 116 Å². The van der Waals surface area contributed by atoms with Crippen molar-refractivity contribution in [2.75, 3.05) is 6.61 Å². The van der Waals surface area contributed by atoms with Crippen molar-refractivity contribution < 1.29 is 24.5 Å². The van der Waals surface area contributed by atoms with Crippen LogP contribution in [0.5, 0.6) is 11.5 Å². The fourth-order valence-electron chi connectivity index (χ4n) is 11.8. The summed E-state index contributed by atoms with van der Waals surface area (Å²) >= 11 is 0. The van der Waals surface area contributed by atoms with Crippen LogP contribution in [-0.2, 0) is 4.74 Å². The lowest BCUT2D eigenvalue weighted by molar-refractivity contribution is 0.111. The van der Waals surface area contributed by atoms with Gasteiger partial charge >= 0.3 is 0 Å². The maximum absolute atomic E-state index is 10.1. The van der Waals surface area contributed by atoms with E-state index in [4.69, 9.17) is 38.1 Å². The fraction of sp³-hybridized carbons (Fsp3) is 0.273. The number of phenolic OH excluding ortho intramolecular Hbond substituents is 2. The largest absolute Gasteiger partial charge is 0.508 e. The smallest absolute Gasteiger partial charge is 0.213 e. The molecule has 10 aromatic carbocycles. The quantitative estimate of drug-likeness (QED) is 0.0309. The summed E-state index contributed by atoms with van der Waals surface area (Å²) in [5, 5.41) is 31.3. The molecule has 0 spiro atoms. The standard InChI is InChI=1S/C28H32N2.C16H20N2.C14H16N2O2.C14H21NO.2C8H8O.ClH/c1-16-8-12-23(13-9-16)26-27(24-14-10-17(2)11-15-24)30-28(29-26)25-21(6)19(4)18(3)20(5)22(25)7;1-11-3-7-13(8-4-11)15(17)16(18)14-9-5-12(2)6-10-14;15-13(9-5-1-3-7-11(9)17)14(16)10-6-2-4-8-12(10)18;1-7-16-14(15)13-11(5)9(3)8(2)10(4)12(13)6;2*1-7-2-4-8(6-9)5-3-7;/h8-15,26-27H,1-7H3,(H,29,30);3-10,15-16H,17-18H2,1-2H3;1-8,13-14,17-18H,15-16H2;15H,7H2,1-6H3;2*2-6H,1H3;1H/t26-,27+;15-,16+;13-,14+;;;;. The summed E-state index contributed by atoms with van der Waals surface area (Å²) in [5.41, 5.74) is 54.4. The first kappa shape index (κ1) is 81.9. The molecule has 0 saturated heterocycles. The summed E-state index contributed by atoms with van der Waals surface area (Å²) in [6.45, 7) is 36.5. The number of aryl methyl sites for hydroxylation is 6. The highest BCUT2D eigenvalue weighted by Crippen LogP contribution is 2.40. The maximum atomic E-state index is 10.1. The van der Waals surface area contributed by atoms with E-state index in [2.05, 4.69) is 175 Å². The Hall–Kier alpha value is -9.79. The number of carbonyl (C=O) groups excluding carboxylic acids is 2. The number of aldehydes is 2. The van der Waals surface area contributed by atoms with Crippen molar-refractivity contribution in [3.63, 3.8) is 0 Å². The van der Waals surface area contributed by atoms with Gasteiger partial charge in [0.05, 0.1) is 24.7 Å². The average molecular weight is 1380 g/mol. The van der Waals surface area contributed by atoms with Gasteiger partial charge < -0.3 is 43.2 Å². The minimum Gasteiger partial charge on any atom is -0.508 e. The van der Waals surface area contributed by atoms with Gasteiger partial charge in [-0.05, 0) is 208 Å². The number of rotatable bonds is 13. The van der Waals surface area contributed by atoms with Gasteiger partial charge in [-0.25, -0.2) is 0 Å². The summed E-state index contributed by atoms with van der Waals surface area (Å²) < 4.78 is 5.32. The van der Waals surface area contributed by atoms with Gasteiger partial charge in [-0.15, -0.1) is 12.4 Å². The number of benzene rings is 10. The zero-order valence-corrected chi connectivity index (χ0v) is 62.9. The molecule has 1 aliphatic heterocycles. The second kappa shape index (κ2) is 38.7. The van der Waals surface area contributed by atoms with Gasteiger partial charge in [0.25, 0.3) is 0 Å². The first-order valence-electron chi connectivity index (χ1n) is 34.1. The molecular weight excluding hydrogens is 1270 g/mol. The maximum Gasteiger partial charge on any atom is 0.213 e. The van der Waals surface area contributed by atoms with Crippen LogP contribution in [0.4, 0.5) is 0 Å². The number of halogens is 1. The molecule has 0 saturated carbocycles. The molecule has 0 unspecified atom stereocenters. The van der Waals surface area contributed by atoms with Gasteiger partial charge in [-0.3, -0.25) is 20.0 Å². The Labute approximate surface area is 607 Å². The zero-order valence-electron chi connectivity index (χ0n) is 62.1. The van der Waals surface area contributed by atoms with E-state index in [-0.39, 0.29) is 48.1 Å². The Morgan fingerprint density at radius 3 is 1.05 bits per heavy atom. The molecule has 12 N–H and O–H groups in total. The third-order valence-corrected chi connectivity index (χ3v) is 19.2. The van der Waals surface area contributed by atoms with Gasteiger partial charge in [0.1, 0.15) is 35.9 Å². The van der Waals surface area contributed by atoms with Crippen LogP contribution < -0.4 is 28.3 Å². The van der Waals surface area contributed by atoms with E-state index in [9.17, 15) is 19.8 Å². The van der Waals surface area contributed by atoms with E-state index in [0.29, 0.717) is 23.6 Å². The van der Waals surface area contributed by atoms with Crippen molar-refractivity contribution in [2.24, 2.45) is 27.9 Å². The van der Waals surface area contributed by atoms with E-state index in [1.54, 1.807) is 48.5 Å². The second-order valence-electron chi connectivity index (χ2n) is 26.2. The van der Waals surface area contributed by atoms with Crippen LogP contribution in [0.15, 0.2) is 199 Å². The zero-order chi connectivity index (χ0) is 73.7. The topological polar surface area (TPSA) is 236 Å². The molecule has 530 valence electrons. The number of hydrogen-bond donors (Lipinski definition) is 8. The number of para-hydroxylation sites is 2. The molecule has 101 heavy (non-hydrogen) atoms. The predicted octanol–water partition coefficient (Wildman–Crippen LogP) is 19.1. The van der Waals surface area contributed by atoms with Gasteiger partial charge in [0, 0.05) is 45.5 Å². The second-order valence-corrected chi connectivity index (χ2v) is 26.2. The monoisotopic (exact) mass is 1380 g/mol. The summed E-state index contributed by atoms with van der Waals surface area (Å²) in [6, 6.07) is 61.3. The number of aromatic hydroxyl groups is 2. The number of phenols is 2. The minimum atomic E-state index is -0.584. The normalized spacial score (nSPS) is 13.7. The van der Waals surface area contributed by atoms with Crippen molar-refractivity contribution >= 4 is 36.7 Å². The molecular formula is C88H106ClN7O5. The van der Waals surface area contributed by atoms with Crippen LogP contribution in [-0.4, -0.2) is 41.1 Å². The molecule has 0 aliphatic carbocycles. The third-order valence-electron chi connectivity index (χ3n) is 19.2. The lowest BCUT2D eigenvalue weighted by Crippen LogP contribution is -2.27. The SMILES string of the molecule is CCOC(=N)c1c(C)c(C)c(C)c(C)c1C.Cc1ccc(C=O)cc1.Cc1ccc(C=O)cc1.Cc1ccc([C@@H](N)[C@@H](N)c2ccc(C)cc2)cc1.Cc1ccc([C@H]2N=C(c3c(C)c(C)c(C)c(C)c3C)N[C@H]2c2ccc(C)cc2)cc1.Cl.N[C@H](c1ccccc1O)[C@@H](N)c1ccccc1O. The van der Waals surface area contributed by atoms with Crippen molar-refractivity contribution in [3.05, 3.63) is 339 Å². The van der Waals surface area contributed by atoms with Crippen molar-refractivity contribution in [1.29, 1.82) is 5.41 Å². The summed E-state index contributed by atoms with van der Waals surface area (Å²) in [6.07, 6.45) is 1.69. The molecule has 0 bridgehead atoms. The summed E-state index contributed by atoms with van der Waals surface area (Å²) in [7, 11) is 0. The van der Waals surface area contributed by atoms with E-state index >= 15 is 0 Å². The van der Waals surface area contributed by atoms with E-state index in [1.807, 2.05) is 93.6 Å². The van der Waals surface area contributed by atoms with Crippen molar-refractivity contribution in [1.82, 2.24) is 5.32 Å². The summed E-state index contributed by atoms with van der Waals surface area (Å²) in [5.74, 6) is 1.53. The van der Waals surface area contributed by atoms with Crippen molar-refractivity contribution in [3.8, 4) is 11.5 Å². The van der Waals surface area contributed by atoms with E-state index in [1.165, 1.54) is 106 Å². The molecule has 0 aromatic heterocycles. The highest BCUT2D eigenvalue weighted by atomic mass is 35.5. The van der Waals surface area contributed by atoms with Gasteiger partial charge in [0.2, 0.25) is 5.90 Å². The molecule has 1 heterocycles. The number of nitrogens with one attached hydrogen (secondary N) is 2. The van der Waals surface area contributed by atoms with E-state index < -0.39 is 12.1 Å². The third kappa shape index (κ3) is 21.9. The van der Waals surface area contributed by atoms with Crippen LogP contribution in [0.3, 0.4) is 0 Å². The van der Waals surface area contributed by atoms with Crippen LogP contribution in [0.2, 0.25) is 0 Å². The van der Waals surface area contributed by atoms with Crippen molar-refractivity contribution in [2.45, 2.75) is 154 Å². The van der Waals surface area contributed by atoms with Crippen LogP contribution in [0.1, 0.15) is 197 Å². The first-order valence-corrected chi connectivity index (χ1v) is 34.1. The number of nitrogens with zero attached hydrogens (tertiary/aromatic N) is 1. The van der Waals surface area contributed by atoms with Gasteiger partial charge in [0.15, 0.2) is 0 Å². The Morgan fingerprint density at radius 2 is 0.723 bits per heavy atom. The number of aliphatic imine (C=N–C) groups is 1. The molecule has 0 radical (unpaired) electrons. The molecule has 6 atom stereocenters. The van der Waals surface area contributed by atoms with Crippen LogP contribution >= 0.6 is 12.4 Å². The average Bonchev–Trinajstić information content (AvgIpc) is 1.67. The Kier molecular flexibility index (Phi) is 31.4. The number of nitrogens with two attached hydrogens (primary N) is 4. The molecule has 12 nitrogen and oxygen atoms in total. The molecule has 1 aliphatic rings. The molecule has 11 rings (SSSR count). The van der Waals surface area contributed by atoms with Crippen LogP contribution in [0.25, 0.3) is 0 Å². The number of hydrogen-bond acceptors (Lipinski definition) is 12. The molecule has 0 amide bonds. The summed E-state index contributed by atoms with van der Waals surface area (Å²) in [4.78, 5) is 25.5. The number of ether oxygens (including phenoxy) is 1. The highest BCUT2D eigenvalue weighted by Gasteiger charge is 2.34. The lowest BCUT2D eigenvalue weighted by Gasteiger charge is -2.22. The fourth-order valence-corrected chi connectivity index (χ4v) is 11.8. The molecule has 0 fully saturated rings. The lowest BCUT2D eigenvalue weighted by atomic mass is 9.89.